The fourth-order valence-electron chi connectivity index (χ4n) is 4.94. The molecule has 1 atom stereocenters. The zero-order valence-electron chi connectivity index (χ0n) is 21.8. The van der Waals surface area contributed by atoms with Gasteiger partial charge in [-0.3, -0.25) is 23.7 Å². The van der Waals surface area contributed by atoms with Crippen LogP contribution in [-0.2, 0) is 21.9 Å². The van der Waals surface area contributed by atoms with Gasteiger partial charge in [-0.1, -0.05) is 41.6 Å². The first-order valence-electron chi connectivity index (χ1n) is 13.0. The number of para-hydroxylation sites is 1. The molecule has 0 saturated carbocycles. The summed E-state index contributed by atoms with van der Waals surface area (Å²) in [4.78, 5) is 54.3. The van der Waals surface area contributed by atoms with Gasteiger partial charge in [-0.15, -0.1) is 0 Å². The van der Waals surface area contributed by atoms with Crippen molar-refractivity contribution < 1.29 is 19.1 Å². The van der Waals surface area contributed by atoms with E-state index in [2.05, 4.69) is 15.3 Å². The van der Waals surface area contributed by atoms with Gasteiger partial charge in [0.1, 0.15) is 17.5 Å². The maximum absolute atomic E-state index is 13.2. The van der Waals surface area contributed by atoms with Crippen LogP contribution in [0.3, 0.4) is 0 Å². The van der Waals surface area contributed by atoms with E-state index in [1.54, 1.807) is 23.1 Å². The van der Waals surface area contributed by atoms with Crippen LogP contribution in [0.5, 0.6) is 11.5 Å². The van der Waals surface area contributed by atoms with Gasteiger partial charge in [0.05, 0.1) is 22.8 Å². The number of aromatic nitrogens is 2. The van der Waals surface area contributed by atoms with Crippen LogP contribution in [0.25, 0.3) is 5.65 Å². The molecule has 0 fully saturated rings. The van der Waals surface area contributed by atoms with Crippen LogP contribution in [0.15, 0.2) is 81.6 Å². The molecule has 7 rings (SSSR count). The Labute approximate surface area is 247 Å². The number of amidine groups is 2. The van der Waals surface area contributed by atoms with Crippen LogP contribution >= 0.6 is 23.4 Å². The fourth-order valence-corrected chi connectivity index (χ4v) is 6.04. The molecule has 2 aromatic heterocycles. The summed E-state index contributed by atoms with van der Waals surface area (Å²) in [5.74, 6) is 1.30. The molecule has 11 nitrogen and oxygen atoms in total. The summed E-state index contributed by atoms with van der Waals surface area (Å²) in [5.41, 5.74) is 2.96. The Kier molecular flexibility index (Phi) is 6.63. The third-order valence-corrected chi connectivity index (χ3v) is 8.15. The van der Waals surface area contributed by atoms with Gasteiger partial charge in [0.15, 0.2) is 16.7 Å². The first-order valence-corrected chi connectivity index (χ1v) is 14.3. The Morgan fingerprint density at radius 1 is 1.05 bits per heavy atom. The molecule has 13 heteroatoms. The van der Waals surface area contributed by atoms with Gasteiger partial charge < -0.3 is 14.8 Å². The minimum absolute atomic E-state index is 0.117. The molecule has 1 unspecified atom stereocenters. The number of amides is 2. The van der Waals surface area contributed by atoms with Gasteiger partial charge >= 0.3 is 0 Å². The highest BCUT2D eigenvalue weighted by molar-refractivity contribution is 8.13. The zero-order valence-corrected chi connectivity index (χ0v) is 23.4. The quantitative estimate of drug-likeness (QED) is 0.355. The highest BCUT2D eigenvalue weighted by Crippen LogP contribution is 2.36. The Hall–Kier alpha value is -4.68. The van der Waals surface area contributed by atoms with Crippen molar-refractivity contribution in [3.8, 4) is 11.5 Å². The van der Waals surface area contributed by atoms with E-state index in [9.17, 15) is 14.4 Å². The van der Waals surface area contributed by atoms with Crippen molar-refractivity contribution in [2.45, 2.75) is 24.8 Å². The van der Waals surface area contributed by atoms with E-state index in [-0.39, 0.29) is 31.2 Å². The summed E-state index contributed by atoms with van der Waals surface area (Å²) >= 11 is 7.34. The van der Waals surface area contributed by atoms with E-state index in [1.807, 2.05) is 36.4 Å². The van der Waals surface area contributed by atoms with Crippen LogP contribution in [0.2, 0.25) is 5.02 Å². The van der Waals surface area contributed by atoms with Gasteiger partial charge in [-0.25, -0.2) is 9.98 Å². The molecular weight excluding hydrogens is 580 g/mol. The van der Waals surface area contributed by atoms with Gasteiger partial charge in [0.2, 0.25) is 12.7 Å². The third kappa shape index (κ3) is 4.88. The third-order valence-electron chi connectivity index (χ3n) is 6.94. The summed E-state index contributed by atoms with van der Waals surface area (Å²) < 4.78 is 12.1. The van der Waals surface area contributed by atoms with E-state index < -0.39 is 11.9 Å². The van der Waals surface area contributed by atoms with Gasteiger partial charge in [-0.2, -0.15) is 4.99 Å². The molecule has 1 N–H and O–H groups in total. The topological polar surface area (TPSA) is 127 Å². The number of carbonyl (C=O) groups excluding carboxylic acids is 2. The number of aliphatic imine (C=N–C) groups is 2. The Bertz CT molecular complexity index is 1910. The molecule has 0 spiro atoms. The number of fused-ring (bicyclic) bond motifs is 5. The summed E-state index contributed by atoms with van der Waals surface area (Å²) in [7, 11) is 0. The molecule has 2 amide bonds. The molecule has 0 bridgehead atoms. The highest BCUT2D eigenvalue weighted by Gasteiger charge is 2.42. The molecule has 210 valence electrons. The average molecular weight is 601 g/mol. The Balaban J connectivity index is 1.11. The number of carbonyl (C=O) groups is 2. The summed E-state index contributed by atoms with van der Waals surface area (Å²) in [6.45, 7) is 0.429. The second-order valence-corrected chi connectivity index (χ2v) is 11.1. The summed E-state index contributed by atoms with van der Waals surface area (Å²) in [6, 6.07) is 16.8. The molecular formula is C29H21ClN6O5S. The standard InChI is InChI=1S/C29H21ClN6O5S/c30-17-6-8-24-32-18(10-26(38)35(24)13-17)14-42-29-33-20-4-2-1-3-19(20)27-34-28(39)21(36(27)29)11-25(37)31-12-16-5-7-22-23(9-16)41-15-40-22/h1-10,13,21H,11-12,14-15H2,(H,31,37). The predicted octanol–water partition coefficient (Wildman–Crippen LogP) is 3.68. The van der Waals surface area contributed by atoms with Crippen molar-refractivity contribution in [1.82, 2.24) is 19.6 Å². The maximum atomic E-state index is 13.2. The number of rotatable bonds is 6. The van der Waals surface area contributed by atoms with Gasteiger partial charge in [0, 0.05) is 30.1 Å². The number of ether oxygens (including phenoxy) is 2. The van der Waals surface area contributed by atoms with Crippen molar-refractivity contribution in [3.05, 3.63) is 99.1 Å². The molecule has 0 saturated heterocycles. The SMILES string of the molecule is O=C(CC1C(=O)N=C2c3ccccc3N=C(SCc3cc(=O)n4cc(Cl)ccc4n3)N21)NCc1ccc2c(c1)OCO2. The Morgan fingerprint density at radius 2 is 1.90 bits per heavy atom. The van der Waals surface area contributed by atoms with Crippen molar-refractivity contribution in [2.24, 2.45) is 9.98 Å². The van der Waals surface area contributed by atoms with Crippen LogP contribution < -0.4 is 20.3 Å². The van der Waals surface area contributed by atoms with Crippen molar-refractivity contribution >= 4 is 57.5 Å². The van der Waals surface area contributed by atoms with Crippen molar-refractivity contribution in [2.75, 3.05) is 6.79 Å². The van der Waals surface area contributed by atoms with Gasteiger partial charge in [0.25, 0.3) is 11.5 Å². The van der Waals surface area contributed by atoms with E-state index in [0.29, 0.717) is 55.9 Å². The molecule has 4 aromatic rings. The number of nitrogens with one attached hydrogen (secondary N) is 1. The van der Waals surface area contributed by atoms with Crippen LogP contribution in [0.4, 0.5) is 5.69 Å². The first kappa shape index (κ1) is 26.2. The fraction of sp³-hybridized carbons (Fsp3) is 0.172. The van der Waals surface area contributed by atoms with Crippen molar-refractivity contribution in [1.29, 1.82) is 0 Å². The van der Waals surface area contributed by atoms with E-state index >= 15 is 0 Å². The smallest absolute Gasteiger partial charge is 0.271 e. The van der Waals surface area contributed by atoms with Crippen molar-refractivity contribution in [3.63, 3.8) is 0 Å². The molecule has 3 aliphatic rings. The number of hydrogen-bond donors (Lipinski definition) is 1. The minimum Gasteiger partial charge on any atom is -0.454 e. The number of halogens is 1. The molecule has 3 aliphatic heterocycles. The second kappa shape index (κ2) is 10.6. The lowest BCUT2D eigenvalue weighted by atomic mass is 10.1. The number of pyridine rings is 1. The normalized spacial score (nSPS) is 16.6. The largest absolute Gasteiger partial charge is 0.454 e. The van der Waals surface area contributed by atoms with Crippen LogP contribution in [0.1, 0.15) is 23.2 Å². The lowest BCUT2D eigenvalue weighted by Gasteiger charge is -2.30. The molecule has 5 heterocycles. The molecule has 0 radical (unpaired) electrons. The zero-order chi connectivity index (χ0) is 28.8. The van der Waals surface area contributed by atoms with E-state index in [0.717, 1.165) is 5.56 Å². The van der Waals surface area contributed by atoms with E-state index in [1.165, 1.54) is 28.4 Å². The van der Waals surface area contributed by atoms with Gasteiger partial charge in [-0.05, 0) is 42.0 Å². The molecule has 42 heavy (non-hydrogen) atoms. The van der Waals surface area contributed by atoms with Crippen LogP contribution in [0, 0.1) is 0 Å². The average Bonchev–Trinajstić information content (AvgIpc) is 3.59. The number of benzene rings is 2. The first-order chi connectivity index (χ1) is 20.4. The minimum atomic E-state index is -0.867. The number of hydrogen-bond acceptors (Lipinski definition) is 9. The lowest BCUT2D eigenvalue weighted by Crippen LogP contribution is -2.45. The summed E-state index contributed by atoms with van der Waals surface area (Å²) in [5, 5.41) is 3.81. The highest BCUT2D eigenvalue weighted by atomic mass is 35.5. The number of thioether (sulfide) groups is 1. The maximum Gasteiger partial charge on any atom is 0.271 e. The monoisotopic (exact) mass is 600 g/mol. The lowest BCUT2D eigenvalue weighted by molar-refractivity contribution is -0.126. The molecule has 2 aromatic carbocycles. The predicted molar refractivity (Wildman–Crippen MR) is 158 cm³/mol. The van der Waals surface area contributed by atoms with Crippen LogP contribution in [-0.4, -0.2) is 49.9 Å². The molecule has 0 aliphatic carbocycles. The Morgan fingerprint density at radius 3 is 2.81 bits per heavy atom. The second-order valence-electron chi connectivity index (χ2n) is 9.69. The van der Waals surface area contributed by atoms with E-state index in [4.69, 9.17) is 26.1 Å². The number of nitrogens with zero attached hydrogens (tertiary/aromatic N) is 5. The summed E-state index contributed by atoms with van der Waals surface area (Å²) in [6.07, 6.45) is 1.40.